The van der Waals surface area contributed by atoms with Crippen molar-refractivity contribution in [3.63, 3.8) is 0 Å². The van der Waals surface area contributed by atoms with Crippen molar-refractivity contribution in [1.82, 2.24) is 0 Å². The van der Waals surface area contributed by atoms with Gasteiger partial charge in [0.1, 0.15) is 5.78 Å². The van der Waals surface area contributed by atoms with Gasteiger partial charge in [0.15, 0.2) is 0 Å². The van der Waals surface area contributed by atoms with E-state index in [0.29, 0.717) is 11.0 Å². The number of aliphatic carboxylic acids is 1. The molecule has 1 saturated carbocycles. The van der Waals surface area contributed by atoms with Crippen molar-refractivity contribution in [3.05, 3.63) is 0 Å². The minimum Gasteiger partial charge on any atom is -0.481 e. The van der Waals surface area contributed by atoms with Gasteiger partial charge in [0, 0.05) is 17.6 Å². The van der Waals surface area contributed by atoms with Gasteiger partial charge in [-0.15, -0.1) is 0 Å². The van der Waals surface area contributed by atoms with E-state index in [4.69, 9.17) is 5.11 Å². The smallest absolute Gasteiger partial charge is 0.306 e. The van der Waals surface area contributed by atoms with Crippen LogP contribution in [0.3, 0.4) is 0 Å². The van der Waals surface area contributed by atoms with Crippen LogP contribution in [0.2, 0.25) is 0 Å². The van der Waals surface area contributed by atoms with Crippen LogP contribution in [0.1, 0.15) is 90.9 Å². The number of ketones is 1. The molecule has 1 unspecified atom stereocenters. The van der Waals surface area contributed by atoms with Crippen molar-refractivity contribution in [2.45, 2.75) is 96.1 Å². The minimum absolute atomic E-state index is 0.242. The Bertz CT molecular complexity index is 370. The second-order valence-electron chi connectivity index (χ2n) is 7.31. The van der Waals surface area contributed by atoms with Crippen LogP contribution in [0.15, 0.2) is 0 Å². The van der Waals surface area contributed by atoms with Crippen molar-refractivity contribution in [3.8, 4) is 0 Å². The number of thioether (sulfide) groups is 1. The molecule has 0 aromatic rings. The van der Waals surface area contributed by atoms with Crippen LogP contribution in [0.4, 0.5) is 0 Å². The molecule has 1 fully saturated rings. The molecular weight excluding hydrogens is 320 g/mol. The molecular formula is C20H36O3S. The zero-order valence-corrected chi connectivity index (χ0v) is 16.4. The highest BCUT2D eigenvalue weighted by Crippen LogP contribution is 2.36. The number of carboxylic acid groups (broad SMARTS) is 1. The Hall–Kier alpha value is -0.510. The fourth-order valence-electron chi connectivity index (χ4n) is 3.48. The summed E-state index contributed by atoms with van der Waals surface area (Å²) in [7, 11) is 0. The molecule has 3 nitrogen and oxygen atoms in total. The molecule has 0 radical (unpaired) electrons. The van der Waals surface area contributed by atoms with Crippen molar-refractivity contribution in [2.24, 2.45) is 11.8 Å². The molecule has 24 heavy (non-hydrogen) atoms. The largest absolute Gasteiger partial charge is 0.481 e. The lowest BCUT2D eigenvalue weighted by Gasteiger charge is -2.18. The summed E-state index contributed by atoms with van der Waals surface area (Å²) in [5.41, 5.74) is 0. The first-order valence-electron chi connectivity index (χ1n) is 9.93. The SMILES string of the molecule is CCCCCCCS[C@H]1CCC(=O)[C@@H]1CCCCCC(C)C(=O)O. The summed E-state index contributed by atoms with van der Waals surface area (Å²) in [5.74, 6) is 0.999. The van der Waals surface area contributed by atoms with Crippen molar-refractivity contribution in [2.75, 3.05) is 5.75 Å². The quantitative estimate of drug-likeness (QED) is 0.405. The zero-order valence-electron chi connectivity index (χ0n) is 15.6. The Morgan fingerprint density at radius 1 is 1.17 bits per heavy atom. The third-order valence-corrected chi connectivity index (χ3v) is 6.71. The third kappa shape index (κ3) is 8.55. The third-order valence-electron chi connectivity index (χ3n) is 5.19. The Morgan fingerprint density at radius 2 is 1.88 bits per heavy atom. The second kappa shape index (κ2) is 12.8. The van der Waals surface area contributed by atoms with Crippen molar-refractivity contribution in [1.29, 1.82) is 0 Å². The Labute approximate surface area is 152 Å². The van der Waals surface area contributed by atoms with Crippen LogP contribution in [0, 0.1) is 11.8 Å². The maximum absolute atomic E-state index is 12.1. The average Bonchev–Trinajstić information content (AvgIpc) is 2.90. The van der Waals surface area contributed by atoms with Gasteiger partial charge in [0.05, 0.1) is 5.92 Å². The Kier molecular flexibility index (Phi) is 11.5. The summed E-state index contributed by atoms with van der Waals surface area (Å²) < 4.78 is 0. The molecule has 0 aromatic heterocycles. The Morgan fingerprint density at radius 3 is 2.58 bits per heavy atom. The summed E-state index contributed by atoms with van der Waals surface area (Å²) in [6.45, 7) is 4.02. The highest BCUT2D eigenvalue weighted by Gasteiger charge is 2.33. The van der Waals surface area contributed by atoms with Crippen molar-refractivity contribution < 1.29 is 14.7 Å². The monoisotopic (exact) mass is 356 g/mol. The average molecular weight is 357 g/mol. The van der Waals surface area contributed by atoms with E-state index in [-0.39, 0.29) is 11.8 Å². The van der Waals surface area contributed by atoms with E-state index in [0.717, 1.165) is 44.9 Å². The van der Waals surface area contributed by atoms with Crippen LogP contribution < -0.4 is 0 Å². The van der Waals surface area contributed by atoms with E-state index >= 15 is 0 Å². The molecule has 0 aliphatic heterocycles. The summed E-state index contributed by atoms with van der Waals surface area (Å²) in [4.78, 5) is 22.9. The van der Waals surface area contributed by atoms with Gasteiger partial charge in [-0.05, 0) is 31.4 Å². The summed E-state index contributed by atoms with van der Waals surface area (Å²) in [6.07, 6.45) is 13.3. The van der Waals surface area contributed by atoms with E-state index in [1.807, 2.05) is 11.8 Å². The molecule has 1 aliphatic carbocycles. The van der Waals surface area contributed by atoms with E-state index < -0.39 is 5.97 Å². The number of hydrogen-bond donors (Lipinski definition) is 1. The lowest BCUT2D eigenvalue weighted by Crippen LogP contribution is -2.17. The van der Waals surface area contributed by atoms with Gasteiger partial charge in [0.25, 0.3) is 0 Å². The number of carboxylic acids is 1. The Balaban J connectivity index is 2.14. The summed E-state index contributed by atoms with van der Waals surface area (Å²) in [5, 5.41) is 9.43. The fraction of sp³-hybridized carbons (Fsp3) is 0.900. The molecule has 1 aliphatic rings. The molecule has 0 amide bonds. The molecule has 140 valence electrons. The van der Waals surface area contributed by atoms with E-state index in [2.05, 4.69) is 6.92 Å². The number of carbonyl (C=O) groups excluding carboxylic acids is 1. The molecule has 0 bridgehead atoms. The van der Waals surface area contributed by atoms with Gasteiger partial charge in [-0.2, -0.15) is 11.8 Å². The van der Waals surface area contributed by atoms with Gasteiger partial charge in [0.2, 0.25) is 0 Å². The predicted molar refractivity (Wildman–Crippen MR) is 103 cm³/mol. The standard InChI is InChI=1S/C20H36O3S/c1-3-4-5-6-10-15-24-19-14-13-18(21)17(19)12-9-7-8-11-16(2)20(22)23/h16-17,19H,3-15H2,1-2H3,(H,22,23)/t16?,17-,19-/m0/s1. The number of carbonyl (C=O) groups is 2. The van der Waals surface area contributed by atoms with E-state index in [9.17, 15) is 9.59 Å². The number of Topliss-reactive ketones (excluding diaryl/α,β-unsaturated/α-hetero) is 1. The lowest BCUT2D eigenvalue weighted by molar-refractivity contribution is -0.141. The van der Waals surface area contributed by atoms with Gasteiger partial charge in [-0.1, -0.05) is 58.8 Å². The van der Waals surface area contributed by atoms with Crippen LogP contribution in [-0.4, -0.2) is 27.9 Å². The maximum Gasteiger partial charge on any atom is 0.306 e. The van der Waals surface area contributed by atoms with E-state index in [1.165, 1.54) is 37.9 Å². The first-order valence-corrected chi connectivity index (χ1v) is 11.0. The predicted octanol–water partition coefficient (Wildman–Crippen LogP) is 5.71. The lowest BCUT2D eigenvalue weighted by atomic mass is 9.96. The van der Waals surface area contributed by atoms with E-state index in [1.54, 1.807) is 6.92 Å². The highest BCUT2D eigenvalue weighted by atomic mass is 32.2. The van der Waals surface area contributed by atoms with Crippen molar-refractivity contribution >= 4 is 23.5 Å². The van der Waals surface area contributed by atoms with Gasteiger partial charge < -0.3 is 5.11 Å². The first-order chi connectivity index (χ1) is 11.6. The molecule has 0 heterocycles. The van der Waals surface area contributed by atoms with Crippen LogP contribution in [-0.2, 0) is 9.59 Å². The molecule has 0 aromatic carbocycles. The molecule has 0 saturated heterocycles. The number of hydrogen-bond acceptors (Lipinski definition) is 3. The van der Waals surface area contributed by atoms with Crippen LogP contribution in [0.25, 0.3) is 0 Å². The summed E-state index contributed by atoms with van der Waals surface area (Å²) >= 11 is 2.03. The van der Waals surface area contributed by atoms with Crippen LogP contribution in [0.5, 0.6) is 0 Å². The minimum atomic E-state index is -0.698. The fourth-order valence-corrected chi connectivity index (χ4v) is 4.96. The molecule has 1 rings (SSSR count). The summed E-state index contributed by atoms with van der Waals surface area (Å²) in [6, 6.07) is 0. The second-order valence-corrected chi connectivity index (χ2v) is 8.66. The zero-order chi connectivity index (χ0) is 17.8. The number of rotatable bonds is 14. The maximum atomic E-state index is 12.1. The molecule has 1 N–H and O–H groups in total. The van der Waals surface area contributed by atoms with Crippen LogP contribution >= 0.6 is 11.8 Å². The normalized spacial score (nSPS) is 22.0. The topological polar surface area (TPSA) is 54.4 Å². The molecule has 4 heteroatoms. The van der Waals surface area contributed by atoms with Gasteiger partial charge in [-0.3, -0.25) is 9.59 Å². The molecule has 3 atom stereocenters. The highest BCUT2D eigenvalue weighted by molar-refractivity contribution is 7.99. The van der Waals surface area contributed by atoms with Gasteiger partial charge in [-0.25, -0.2) is 0 Å². The molecule has 0 spiro atoms. The first kappa shape index (κ1) is 21.5. The van der Waals surface area contributed by atoms with Gasteiger partial charge >= 0.3 is 5.97 Å². The number of unbranched alkanes of at least 4 members (excludes halogenated alkanes) is 6.